The van der Waals surface area contributed by atoms with Gasteiger partial charge in [-0.2, -0.15) is 4.31 Å². The van der Waals surface area contributed by atoms with Crippen LogP contribution in [0, 0.1) is 15.9 Å². The fourth-order valence-electron chi connectivity index (χ4n) is 2.42. The van der Waals surface area contributed by atoms with Gasteiger partial charge >= 0.3 is 0 Å². The minimum atomic E-state index is -4.19. The second kappa shape index (κ2) is 7.58. The van der Waals surface area contributed by atoms with E-state index in [9.17, 15) is 22.9 Å². The Kier molecular flexibility index (Phi) is 5.70. The molecule has 1 N–H and O–H groups in total. The third-order valence-electron chi connectivity index (χ3n) is 3.66. The van der Waals surface area contributed by atoms with E-state index in [0.717, 1.165) is 15.9 Å². The second-order valence-electron chi connectivity index (χ2n) is 5.23. The van der Waals surface area contributed by atoms with Crippen LogP contribution >= 0.6 is 0 Å². The maximum atomic E-state index is 14.4. The second-order valence-corrected chi connectivity index (χ2v) is 7.10. The molecular formula is C16H18FN3O4S. The number of benzene rings is 2. The molecule has 0 bridgehead atoms. The number of hydrogen-bond donors (Lipinski definition) is 1. The van der Waals surface area contributed by atoms with E-state index in [1.54, 1.807) is 31.2 Å². The van der Waals surface area contributed by atoms with E-state index >= 15 is 0 Å². The Balaban J connectivity index is 2.52. The van der Waals surface area contributed by atoms with Crippen molar-refractivity contribution in [3.63, 3.8) is 0 Å². The summed E-state index contributed by atoms with van der Waals surface area (Å²) < 4.78 is 41.4. The fraction of sp³-hybridized carbons (Fsp3) is 0.250. The quantitative estimate of drug-likeness (QED) is 0.600. The smallest absolute Gasteiger partial charge is 0.274 e. The number of nitrogens with zero attached hydrogens (tertiary/aromatic N) is 2. The zero-order valence-corrected chi connectivity index (χ0v) is 14.6. The van der Waals surface area contributed by atoms with Gasteiger partial charge in [-0.05, 0) is 5.56 Å². The molecule has 0 aliphatic heterocycles. The van der Waals surface area contributed by atoms with Crippen molar-refractivity contribution in [2.75, 3.05) is 18.9 Å². The fourth-order valence-corrected chi connectivity index (χ4v) is 4.08. The first-order chi connectivity index (χ1) is 11.8. The number of nitro groups is 1. The van der Waals surface area contributed by atoms with Gasteiger partial charge in [-0.25, -0.2) is 12.8 Å². The van der Waals surface area contributed by atoms with Crippen molar-refractivity contribution in [1.29, 1.82) is 0 Å². The highest BCUT2D eigenvalue weighted by Crippen LogP contribution is 2.32. The van der Waals surface area contributed by atoms with Gasteiger partial charge in [0.25, 0.3) is 5.69 Å². The molecule has 0 atom stereocenters. The summed E-state index contributed by atoms with van der Waals surface area (Å²) in [5, 5.41) is 13.4. The zero-order chi connectivity index (χ0) is 18.6. The summed E-state index contributed by atoms with van der Waals surface area (Å²) in [7, 11) is -2.81. The van der Waals surface area contributed by atoms with Crippen molar-refractivity contribution in [2.24, 2.45) is 0 Å². The van der Waals surface area contributed by atoms with Gasteiger partial charge in [-0.3, -0.25) is 10.1 Å². The van der Waals surface area contributed by atoms with Crippen LogP contribution in [0.1, 0.15) is 12.5 Å². The van der Waals surface area contributed by atoms with Crippen LogP contribution in [0.4, 0.5) is 15.8 Å². The van der Waals surface area contributed by atoms with Crippen molar-refractivity contribution >= 4 is 21.4 Å². The molecule has 2 rings (SSSR count). The number of anilines is 1. The van der Waals surface area contributed by atoms with E-state index < -0.39 is 31.3 Å². The molecule has 0 aliphatic rings. The number of nitrogens with one attached hydrogen (secondary N) is 1. The standard InChI is InChI=1S/C16H18FN3O4S/c1-3-19(11-12-7-5-4-6-8-12)25(23,24)16-14(17)9-13(20(21)22)10-15(16)18-2/h4-10,18H,3,11H2,1-2H3. The Bertz CT molecular complexity index is 872. The van der Waals surface area contributed by atoms with Gasteiger partial charge in [0.05, 0.1) is 16.7 Å². The minimum Gasteiger partial charge on any atom is -0.387 e. The molecule has 0 saturated carbocycles. The van der Waals surface area contributed by atoms with Crippen molar-refractivity contribution in [3.8, 4) is 0 Å². The van der Waals surface area contributed by atoms with E-state index in [1.165, 1.54) is 7.05 Å². The van der Waals surface area contributed by atoms with E-state index in [-0.39, 0.29) is 18.8 Å². The number of rotatable bonds is 7. The molecule has 2 aromatic carbocycles. The molecule has 2 aromatic rings. The van der Waals surface area contributed by atoms with Gasteiger partial charge in [-0.15, -0.1) is 0 Å². The molecule has 0 radical (unpaired) electrons. The normalized spacial score (nSPS) is 11.5. The third-order valence-corrected chi connectivity index (χ3v) is 5.66. The molecule has 0 aromatic heterocycles. The minimum absolute atomic E-state index is 0.0687. The first-order valence-electron chi connectivity index (χ1n) is 7.51. The van der Waals surface area contributed by atoms with Crippen molar-refractivity contribution < 1.29 is 17.7 Å². The highest BCUT2D eigenvalue weighted by atomic mass is 32.2. The van der Waals surface area contributed by atoms with Crippen molar-refractivity contribution in [3.05, 3.63) is 64.0 Å². The van der Waals surface area contributed by atoms with Crippen LogP contribution in [0.5, 0.6) is 0 Å². The summed E-state index contributed by atoms with van der Waals surface area (Å²) in [4.78, 5) is 9.49. The van der Waals surface area contributed by atoms with Crippen LogP contribution in [0.3, 0.4) is 0 Å². The summed E-state index contributed by atoms with van der Waals surface area (Å²) in [6, 6.07) is 10.5. The Labute approximate surface area is 145 Å². The predicted octanol–water partition coefficient (Wildman–Crippen LogP) is 2.99. The van der Waals surface area contributed by atoms with E-state index in [0.29, 0.717) is 6.07 Å². The highest BCUT2D eigenvalue weighted by Gasteiger charge is 2.31. The van der Waals surface area contributed by atoms with Gasteiger partial charge < -0.3 is 5.32 Å². The van der Waals surface area contributed by atoms with Gasteiger partial charge in [0.1, 0.15) is 4.90 Å². The van der Waals surface area contributed by atoms with Gasteiger partial charge in [0.2, 0.25) is 10.0 Å². The monoisotopic (exact) mass is 367 g/mol. The maximum absolute atomic E-state index is 14.4. The van der Waals surface area contributed by atoms with Crippen LogP contribution in [0.15, 0.2) is 47.4 Å². The Morgan fingerprint density at radius 3 is 2.40 bits per heavy atom. The van der Waals surface area contributed by atoms with Crippen LogP contribution in [0.25, 0.3) is 0 Å². The first kappa shape index (κ1) is 18.8. The van der Waals surface area contributed by atoms with Crippen LogP contribution < -0.4 is 5.32 Å². The number of nitro benzene ring substituents is 1. The van der Waals surface area contributed by atoms with E-state index in [4.69, 9.17) is 0 Å². The lowest BCUT2D eigenvalue weighted by molar-refractivity contribution is -0.385. The molecule has 25 heavy (non-hydrogen) atoms. The van der Waals surface area contributed by atoms with Crippen molar-refractivity contribution in [1.82, 2.24) is 4.31 Å². The molecule has 7 nitrogen and oxygen atoms in total. The molecular weight excluding hydrogens is 349 g/mol. The SMILES string of the molecule is CCN(Cc1ccccc1)S(=O)(=O)c1c(F)cc([N+](=O)[O-])cc1NC. The van der Waals surface area contributed by atoms with Gasteiger partial charge in [0, 0.05) is 26.2 Å². The molecule has 0 unspecified atom stereocenters. The summed E-state index contributed by atoms with van der Waals surface area (Å²) >= 11 is 0. The zero-order valence-electron chi connectivity index (χ0n) is 13.8. The lowest BCUT2D eigenvalue weighted by Gasteiger charge is -2.22. The molecule has 0 heterocycles. The average molecular weight is 367 g/mol. The Morgan fingerprint density at radius 1 is 1.24 bits per heavy atom. The van der Waals surface area contributed by atoms with Crippen molar-refractivity contribution in [2.45, 2.75) is 18.4 Å². The summed E-state index contributed by atoms with van der Waals surface area (Å²) in [5.74, 6) is -1.16. The lowest BCUT2D eigenvalue weighted by atomic mass is 10.2. The summed E-state index contributed by atoms with van der Waals surface area (Å²) in [6.07, 6.45) is 0. The maximum Gasteiger partial charge on any atom is 0.274 e. The number of hydrogen-bond acceptors (Lipinski definition) is 5. The number of sulfonamides is 1. The molecule has 0 saturated heterocycles. The first-order valence-corrected chi connectivity index (χ1v) is 8.95. The molecule has 0 aliphatic carbocycles. The van der Waals surface area contributed by atoms with Crippen LogP contribution in [0.2, 0.25) is 0 Å². The molecule has 0 spiro atoms. The molecule has 134 valence electrons. The summed E-state index contributed by atoms with van der Waals surface area (Å²) in [6.45, 7) is 1.83. The third kappa shape index (κ3) is 3.94. The van der Waals surface area contributed by atoms with Crippen LogP contribution in [-0.4, -0.2) is 31.2 Å². The largest absolute Gasteiger partial charge is 0.387 e. The Hall–Kier alpha value is -2.52. The molecule has 0 fully saturated rings. The highest BCUT2D eigenvalue weighted by molar-refractivity contribution is 7.89. The topological polar surface area (TPSA) is 92.5 Å². The van der Waals surface area contributed by atoms with E-state index in [2.05, 4.69) is 5.32 Å². The van der Waals surface area contributed by atoms with Crippen LogP contribution in [-0.2, 0) is 16.6 Å². The van der Waals surface area contributed by atoms with Gasteiger partial charge in [-0.1, -0.05) is 37.3 Å². The van der Waals surface area contributed by atoms with E-state index in [1.807, 2.05) is 6.07 Å². The lowest BCUT2D eigenvalue weighted by Crippen LogP contribution is -2.31. The average Bonchev–Trinajstić information content (AvgIpc) is 2.59. The number of halogens is 1. The van der Waals surface area contributed by atoms with Gasteiger partial charge in [0.15, 0.2) is 5.82 Å². The molecule has 0 amide bonds. The molecule has 9 heteroatoms. The predicted molar refractivity (Wildman–Crippen MR) is 92.3 cm³/mol. The number of non-ortho nitro benzene ring substituents is 1. The Morgan fingerprint density at radius 2 is 1.88 bits per heavy atom. The summed E-state index contributed by atoms with van der Waals surface area (Å²) in [5.41, 5.74) is 0.0753.